The van der Waals surface area contributed by atoms with Crippen molar-refractivity contribution < 1.29 is 14.4 Å². The Labute approximate surface area is 170 Å². The Hall–Kier alpha value is -0.880. The Kier molecular flexibility index (Phi) is 19.2. The van der Waals surface area contributed by atoms with Crippen LogP contribution in [0.5, 0.6) is 0 Å². The van der Waals surface area contributed by atoms with E-state index >= 15 is 0 Å². The molecule has 5 nitrogen and oxygen atoms in total. The number of unbranched alkanes of at least 4 members (excludes halogenated alkanes) is 10. The summed E-state index contributed by atoms with van der Waals surface area (Å²) in [5.74, 6) is 0.833. The van der Waals surface area contributed by atoms with Crippen molar-refractivity contribution in [1.29, 1.82) is 0 Å². The van der Waals surface area contributed by atoms with Gasteiger partial charge in [0.15, 0.2) is 0 Å². The molecule has 0 atom stereocenters. The van der Waals surface area contributed by atoms with E-state index in [1.807, 2.05) is 19.0 Å². The summed E-state index contributed by atoms with van der Waals surface area (Å²) in [5, 5.41) is 0.207. The molecule has 0 radical (unpaired) electrons. The molecule has 0 aromatic carbocycles. The van der Waals surface area contributed by atoms with E-state index < -0.39 is 0 Å². The highest BCUT2D eigenvalue weighted by Gasteiger charge is 2.13. The summed E-state index contributed by atoms with van der Waals surface area (Å²) in [7, 11) is 4.05. The van der Waals surface area contributed by atoms with Gasteiger partial charge in [-0.2, -0.15) is 0 Å². The van der Waals surface area contributed by atoms with Crippen LogP contribution in [0.25, 0.3) is 0 Å². The van der Waals surface area contributed by atoms with E-state index in [2.05, 4.69) is 4.90 Å². The first-order chi connectivity index (χ1) is 13.1. The van der Waals surface area contributed by atoms with Gasteiger partial charge >= 0.3 is 0 Å². The van der Waals surface area contributed by atoms with Crippen molar-refractivity contribution in [3.8, 4) is 0 Å². The van der Waals surface area contributed by atoms with Crippen LogP contribution >= 0.6 is 11.8 Å². The molecule has 0 rings (SSSR count). The summed E-state index contributed by atoms with van der Waals surface area (Å²) in [5.41, 5.74) is 0. The van der Waals surface area contributed by atoms with E-state index in [1.54, 1.807) is 0 Å². The van der Waals surface area contributed by atoms with Crippen molar-refractivity contribution in [3.63, 3.8) is 0 Å². The highest BCUT2D eigenvalue weighted by Crippen LogP contribution is 2.14. The van der Waals surface area contributed by atoms with Gasteiger partial charge in [-0.05, 0) is 39.8 Å². The molecule has 6 heteroatoms. The lowest BCUT2D eigenvalue weighted by molar-refractivity contribution is -0.108. The van der Waals surface area contributed by atoms with Crippen molar-refractivity contribution in [2.24, 2.45) is 0 Å². The average molecular weight is 401 g/mol. The summed E-state index contributed by atoms with van der Waals surface area (Å²) in [6.45, 7) is 2.59. The fraction of sp³-hybridized carbons (Fsp3) is 0.857. The molecule has 0 heterocycles. The molecule has 0 aliphatic rings. The molecule has 0 N–H and O–H groups in total. The molecule has 0 spiro atoms. The monoisotopic (exact) mass is 400 g/mol. The highest BCUT2D eigenvalue weighted by molar-refractivity contribution is 8.13. The molecule has 27 heavy (non-hydrogen) atoms. The maximum Gasteiger partial charge on any atom is 0.281 e. The van der Waals surface area contributed by atoms with Crippen LogP contribution in [0.2, 0.25) is 0 Å². The number of hydrogen-bond donors (Lipinski definition) is 0. The molecular formula is C21H40N2O3S. The molecule has 0 fully saturated rings. The SMILES string of the molecule is CN(C)CCSC(=O)N(CCCCCCCC=O)CCCCCCCC=O. The van der Waals surface area contributed by atoms with Gasteiger partial charge in [0, 0.05) is 38.2 Å². The summed E-state index contributed by atoms with van der Waals surface area (Å²) < 4.78 is 0. The fourth-order valence-corrected chi connectivity index (χ4v) is 3.82. The molecule has 0 aliphatic heterocycles. The second-order valence-electron chi connectivity index (χ2n) is 7.35. The third-order valence-corrected chi connectivity index (χ3v) is 5.41. The van der Waals surface area contributed by atoms with Crippen molar-refractivity contribution in [2.75, 3.05) is 39.5 Å². The van der Waals surface area contributed by atoms with E-state index in [0.717, 1.165) is 102 Å². The van der Waals surface area contributed by atoms with E-state index in [1.165, 1.54) is 11.8 Å². The predicted molar refractivity (Wildman–Crippen MR) is 116 cm³/mol. The molecule has 0 aromatic heterocycles. The van der Waals surface area contributed by atoms with E-state index in [0.29, 0.717) is 12.8 Å². The van der Waals surface area contributed by atoms with Crippen LogP contribution in [0, 0.1) is 0 Å². The first-order valence-corrected chi connectivity index (χ1v) is 11.5. The normalized spacial score (nSPS) is 10.9. The van der Waals surface area contributed by atoms with Gasteiger partial charge < -0.3 is 19.4 Å². The van der Waals surface area contributed by atoms with Crippen LogP contribution in [-0.2, 0) is 9.59 Å². The van der Waals surface area contributed by atoms with E-state index in [9.17, 15) is 14.4 Å². The van der Waals surface area contributed by atoms with Gasteiger partial charge in [0.05, 0.1) is 0 Å². The van der Waals surface area contributed by atoms with E-state index in [-0.39, 0.29) is 5.24 Å². The lowest BCUT2D eigenvalue weighted by Crippen LogP contribution is -2.30. The van der Waals surface area contributed by atoms with Crippen LogP contribution in [0.15, 0.2) is 0 Å². The minimum Gasteiger partial charge on any atom is -0.334 e. The first-order valence-electron chi connectivity index (χ1n) is 10.6. The fourth-order valence-electron chi connectivity index (χ4n) is 2.82. The predicted octanol–water partition coefficient (Wildman–Crippen LogP) is 4.78. The second-order valence-corrected chi connectivity index (χ2v) is 8.40. The number of carbonyl (C=O) groups is 3. The van der Waals surface area contributed by atoms with Crippen molar-refractivity contribution in [2.45, 2.75) is 77.0 Å². The van der Waals surface area contributed by atoms with Crippen LogP contribution in [0.1, 0.15) is 77.0 Å². The summed E-state index contributed by atoms with van der Waals surface area (Å²) >= 11 is 1.43. The molecule has 158 valence electrons. The van der Waals surface area contributed by atoms with Gasteiger partial charge in [-0.15, -0.1) is 0 Å². The van der Waals surface area contributed by atoms with Crippen LogP contribution in [0.3, 0.4) is 0 Å². The van der Waals surface area contributed by atoms with Gasteiger partial charge in [0.25, 0.3) is 5.24 Å². The van der Waals surface area contributed by atoms with E-state index in [4.69, 9.17) is 0 Å². The standard InChI is InChI=1S/C21H40N2O3S/c1-22(2)17-20-27-21(26)23(15-11-7-3-5-9-13-18-24)16-12-8-4-6-10-14-19-25/h18-19H,3-17,20H2,1-2H3. The topological polar surface area (TPSA) is 57.7 Å². The number of amides is 1. The summed E-state index contributed by atoms with van der Waals surface area (Å²) in [6, 6.07) is 0. The van der Waals surface area contributed by atoms with Gasteiger partial charge in [0.2, 0.25) is 0 Å². The van der Waals surface area contributed by atoms with Gasteiger partial charge in [-0.1, -0.05) is 50.3 Å². The molecule has 0 saturated heterocycles. The molecule has 0 aliphatic carbocycles. The number of carbonyl (C=O) groups excluding carboxylic acids is 3. The van der Waals surface area contributed by atoms with Crippen LogP contribution < -0.4 is 0 Å². The first kappa shape index (κ1) is 26.1. The number of hydrogen-bond acceptors (Lipinski definition) is 5. The third kappa shape index (κ3) is 18.3. The van der Waals surface area contributed by atoms with Crippen LogP contribution in [-0.4, -0.2) is 67.1 Å². The Balaban J connectivity index is 4.06. The van der Waals surface area contributed by atoms with Crippen molar-refractivity contribution >= 4 is 29.6 Å². The maximum atomic E-state index is 12.5. The summed E-state index contributed by atoms with van der Waals surface area (Å²) in [4.78, 5) is 37.3. The molecular weight excluding hydrogens is 360 g/mol. The van der Waals surface area contributed by atoms with Gasteiger partial charge in [0.1, 0.15) is 12.6 Å². The van der Waals surface area contributed by atoms with Crippen molar-refractivity contribution in [1.82, 2.24) is 9.80 Å². The smallest absolute Gasteiger partial charge is 0.281 e. The molecule has 0 aromatic rings. The Bertz CT molecular complexity index is 356. The lowest BCUT2D eigenvalue weighted by atomic mass is 10.1. The second kappa shape index (κ2) is 19.9. The molecule has 1 amide bonds. The molecule has 0 saturated carbocycles. The largest absolute Gasteiger partial charge is 0.334 e. The number of nitrogens with zero attached hydrogens (tertiary/aromatic N) is 2. The number of aldehydes is 2. The number of rotatable bonds is 19. The Morgan fingerprint density at radius 2 is 1.15 bits per heavy atom. The molecule has 0 bridgehead atoms. The zero-order valence-electron chi connectivity index (χ0n) is 17.5. The summed E-state index contributed by atoms with van der Waals surface area (Å²) in [6.07, 6.45) is 14.1. The number of thioether (sulfide) groups is 1. The zero-order valence-corrected chi connectivity index (χ0v) is 18.3. The van der Waals surface area contributed by atoms with Crippen molar-refractivity contribution in [3.05, 3.63) is 0 Å². The van der Waals surface area contributed by atoms with Gasteiger partial charge in [-0.25, -0.2) is 0 Å². The Morgan fingerprint density at radius 1 is 0.704 bits per heavy atom. The Morgan fingerprint density at radius 3 is 1.59 bits per heavy atom. The minimum absolute atomic E-state index is 0.207. The lowest BCUT2D eigenvalue weighted by Gasteiger charge is -2.22. The van der Waals surface area contributed by atoms with Gasteiger partial charge in [-0.3, -0.25) is 4.79 Å². The average Bonchev–Trinajstić information content (AvgIpc) is 2.64. The zero-order chi connectivity index (χ0) is 20.2. The third-order valence-electron chi connectivity index (χ3n) is 4.52. The minimum atomic E-state index is 0.207. The highest BCUT2D eigenvalue weighted by atomic mass is 32.2. The molecule has 0 unspecified atom stereocenters. The van der Waals surface area contributed by atoms with Crippen LogP contribution in [0.4, 0.5) is 4.79 Å². The quantitative estimate of drug-likeness (QED) is 0.231. The maximum absolute atomic E-state index is 12.5.